The van der Waals surface area contributed by atoms with Gasteiger partial charge in [0.05, 0.1) is 16.8 Å². The standard InChI is InChI=1S/C22H16BrN3O/c1-14-6-5-11-24-21(14)26-22(27)18-13-20(15-7-4-8-16(23)12-15)25-19-10-3-2-9-17(18)19/h2-13H,1H3,(H,24,26,27). The van der Waals surface area contributed by atoms with Gasteiger partial charge in [0.1, 0.15) is 5.82 Å². The van der Waals surface area contributed by atoms with E-state index < -0.39 is 0 Å². The highest BCUT2D eigenvalue weighted by Crippen LogP contribution is 2.27. The summed E-state index contributed by atoms with van der Waals surface area (Å²) in [6.45, 7) is 1.92. The maximum atomic E-state index is 13.0. The molecule has 1 N–H and O–H groups in total. The predicted molar refractivity (Wildman–Crippen MR) is 112 cm³/mol. The van der Waals surface area contributed by atoms with Crippen LogP contribution in [0.15, 0.2) is 77.4 Å². The summed E-state index contributed by atoms with van der Waals surface area (Å²) in [5.41, 5.74) is 3.95. The van der Waals surface area contributed by atoms with Gasteiger partial charge in [-0.2, -0.15) is 0 Å². The van der Waals surface area contributed by atoms with Crippen LogP contribution < -0.4 is 5.32 Å². The molecule has 0 aliphatic heterocycles. The first-order valence-electron chi connectivity index (χ1n) is 8.50. The summed E-state index contributed by atoms with van der Waals surface area (Å²) in [5, 5.41) is 3.73. The van der Waals surface area contributed by atoms with Gasteiger partial charge in [0.15, 0.2) is 0 Å². The first-order valence-corrected chi connectivity index (χ1v) is 9.30. The number of aryl methyl sites for hydroxylation is 1. The normalized spacial score (nSPS) is 10.7. The van der Waals surface area contributed by atoms with Crippen molar-refractivity contribution in [2.24, 2.45) is 0 Å². The maximum Gasteiger partial charge on any atom is 0.257 e. The van der Waals surface area contributed by atoms with E-state index in [0.717, 1.165) is 32.2 Å². The third-order valence-corrected chi connectivity index (χ3v) is 4.82. The van der Waals surface area contributed by atoms with Crippen LogP contribution in [-0.2, 0) is 0 Å². The van der Waals surface area contributed by atoms with Crippen LogP contribution in [0.25, 0.3) is 22.2 Å². The highest BCUT2D eigenvalue weighted by Gasteiger charge is 2.15. The molecule has 0 fully saturated rings. The Bertz CT molecular complexity index is 1160. The SMILES string of the molecule is Cc1cccnc1NC(=O)c1cc(-c2cccc(Br)c2)nc2ccccc12. The number of anilines is 1. The van der Waals surface area contributed by atoms with Crippen LogP contribution in [0.4, 0.5) is 5.82 Å². The largest absolute Gasteiger partial charge is 0.306 e. The number of fused-ring (bicyclic) bond motifs is 1. The summed E-state index contributed by atoms with van der Waals surface area (Å²) in [7, 11) is 0. The molecule has 4 rings (SSSR count). The van der Waals surface area contributed by atoms with Gasteiger partial charge in [0.25, 0.3) is 5.91 Å². The Balaban J connectivity index is 1.83. The van der Waals surface area contributed by atoms with Crippen LogP contribution >= 0.6 is 15.9 Å². The van der Waals surface area contributed by atoms with E-state index >= 15 is 0 Å². The summed E-state index contributed by atoms with van der Waals surface area (Å²) in [6.07, 6.45) is 1.67. The van der Waals surface area contributed by atoms with Gasteiger partial charge < -0.3 is 5.32 Å². The Morgan fingerprint density at radius 3 is 2.67 bits per heavy atom. The van der Waals surface area contributed by atoms with Gasteiger partial charge in [0.2, 0.25) is 0 Å². The molecule has 0 atom stereocenters. The Labute approximate surface area is 165 Å². The fourth-order valence-corrected chi connectivity index (χ4v) is 3.35. The number of nitrogens with one attached hydrogen (secondary N) is 1. The third-order valence-electron chi connectivity index (χ3n) is 4.32. The fourth-order valence-electron chi connectivity index (χ4n) is 2.95. The van der Waals surface area contributed by atoms with Gasteiger partial charge in [-0.05, 0) is 42.8 Å². The van der Waals surface area contributed by atoms with E-state index in [0.29, 0.717) is 11.4 Å². The van der Waals surface area contributed by atoms with Crippen molar-refractivity contribution in [3.63, 3.8) is 0 Å². The van der Waals surface area contributed by atoms with Crippen molar-refractivity contribution >= 4 is 38.6 Å². The summed E-state index contributed by atoms with van der Waals surface area (Å²) in [5.74, 6) is 0.360. The minimum atomic E-state index is -0.202. The van der Waals surface area contributed by atoms with Crippen molar-refractivity contribution in [3.8, 4) is 11.3 Å². The summed E-state index contributed by atoms with van der Waals surface area (Å²) in [4.78, 5) is 22.0. The van der Waals surface area contributed by atoms with Gasteiger partial charge in [-0.1, -0.05) is 52.3 Å². The number of hydrogen-bond acceptors (Lipinski definition) is 3. The monoisotopic (exact) mass is 417 g/mol. The zero-order chi connectivity index (χ0) is 18.8. The number of halogens is 1. The van der Waals surface area contributed by atoms with E-state index in [2.05, 4.69) is 26.2 Å². The number of amides is 1. The Morgan fingerprint density at radius 2 is 1.85 bits per heavy atom. The molecule has 132 valence electrons. The molecule has 4 nitrogen and oxygen atoms in total. The molecule has 0 saturated heterocycles. The Hall–Kier alpha value is -3.05. The zero-order valence-corrected chi connectivity index (χ0v) is 16.2. The van der Waals surface area contributed by atoms with Gasteiger partial charge in [-0.15, -0.1) is 0 Å². The average molecular weight is 418 g/mol. The number of carbonyl (C=O) groups is 1. The number of pyridine rings is 2. The number of hydrogen-bond donors (Lipinski definition) is 1. The molecule has 4 aromatic rings. The number of aromatic nitrogens is 2. The molecule has 2 heterocycles. The molecule has 2 aromatic heterocycles. The lowest BCUT2D eigenvalue weighted by Crippen LogP contribution is -2.15. The van der Waals surface area contributed by atoms with Crippen LogP contribution in [-0.4, -0.2) is 15.9 Å². The molecule has 0 spiro atoms. The lowest BCUT2D eigenvalue weighted by atomic mass is 10.0. The number of para-hydroxylation sites is 1. The minimum absolute atomic E-state index is 0.202. The Morgan fingerprint density at radius 1 is 1.00 bits per heavy atom. The maximum absolute atomic E-state index is 13.0. The second kappa shape index (κ2) is 7.29. The van der Waals surface area contributed by atoms with Crippen molar-refractivity contribution < 1.29 is 4.79 Å². The van der Waals surface area contributed by atoms with Crippen molar-refractivity contribution in [2.75, 3.05) is 5.32 Å². The molecule has 0 bridgehead atoms. The molecule has 0 aliphatic rings. The number of nitrogens with zero attached hydrogens (tertiary/aromatic N) is 2. The van der Waals surface area contributed by atoms with E-state index in [1.165, 1.54) is 0 Å². The molecule has 0 saturated carbocycles. The van der Waals surface area contributed by atoms with Gasteiger partial charge in [-0.3, -0.25) is 4.79 Å². The molecule has 0 radical (unpaired) electrons. The number of benzene rings is 2. The lowest BCUT2D eigenvalue weighted by Gasteiger charge is -2.11. The van der Waals surface area contributed by atoms with Gasteiger partial charge in [-0.25, -0.2) is 9.97 Å². The summed E-state index contributed by atoms with van der Waals surface area (Å²) >= 11 is 3.49. The molecule has 27 heavy (non-hydrogen) atoms. The van der Waals surface area contributed by atoms with Gasteiger partial charge in [0, 0.05) is 21.6 Å². The van der Waals surface area contributed by atoms with E-state index in [-0.39, 0.29) is 5.91 Å². The number of rotatable bonds is 3. The fraction of sp³-hybridized carbons (Fsp3) is 0.0455. The van der Waals surface area contributed by atoms with Crippen molar-refractivity contribution in [2.45, 2.75) is 6.92 Å². The molecular formula is C22H16BrN3O. The van der Waals surface area contributed by atoms with Crippen LogP contribution in [0.2, 0.25) is 0 Å². The van der Waals surface area contributed by atoms with E-state index in [9.17, 15) is 4.79 Å². The summed E-state index contributed by atoms with van der Waals surface area (Å²) < 4.78 is 0.963. The second-order valence-electron chi connectivity index (χ2n) is 6.21. The van der Waals surface area contributed by atoms with Crippen molar-refractivity contribution in [1.29, 1.82) is 0 Å². The third kappa shape index (κ3) is 3.59. The first-order chi connectivity index (χ1) is 13.1. The van der Waals surface area contributed by atoms with Crippen LogP contribution in [0, 0.1) is 6.92 Å². The molecule has 2 aromatic carbocycles. The predicted octanol–water partition coefficient (Wildman–Crippen LogP) is 5.62. The van der Waals surface area contributed by atoms with Crippen molar-refractivity contribution in [3.05, 3.63) is 88.5 Å². The lowest BCUT2D eigenvalue weighted by molar-refractivity contribution is 0.102. The van der Waals surface area contributed by atoms with E-state index in [4.69, 9.17) is 4.98 Å². The zero-order valence-electron chi connectivity index (χ0n) is 14.6. The van der Waals surface area contributed by atoms with Gasteiger partial charge >= 0.3 is 0 Å². The van der Waals surface area contributed by atoms with Crippen LogP contribution in [0.1, 0.15) is 15.9 Å². The summed E-state index contributed by atoms with van der Waals surface area (Å²) in [6, 6.07) is 21.1. The number of carbonyl (C=O) groups excluding carboxylic acids is 1. The first kappa shape index (κ1) is 17.4. The second-order valence-corrected chi connectivity index (χ2v) is 7.12. The molecule has 0 aliphatic carbocycles. The topological polar surface area (TPSA) is 54.9 Å². The van der Waals surface area contributed by atoms with Crippen LogP contribution in [0.5, 0.6) is 0 Å². The molecule has 5 heteroatoms. The minimum Gasteiger partial charge on any atom is -0.306 e. The highest BCUT2D eigenvalue weighted by atomic mass is 79.9. The van der Waals surface area contributed by atoms with Crippen LogP contribution in [0.3, 0.4) is 0 Å². The van der Waals surface area contributed by atoms with E-state index in [1.807, 2.05) is 73.7 Å². The van der Waals surface area contributed by atoms with Crippen molar-refractivity contribution in [1.82, 2.24) is 9.97 Å². The average Bonchev–Trinajstić information content (AvgIpc) is 2.69. The smallest absolute Gasteiger partial charge is 0.257 e. The highest BCUT2D eigenvalue weighted by molar-refractivity contribution is 9.10. The quantitative estimate of drug-likeness (QED) is 0.470. The van der Waals surface area contributed by atoms with E-state index in [1.54, 1.807) is 6.20 Å². The molecular weight excluding hydrogens is 402 g/mol. The Kier molecular flexibility index (Phi) is 4.69. The molecule has 1 amide bonds. The molecule has 0 unspecified atom stereocenters.